The van der Waals surface area contributed by atoms with Gasteiger partial charge in [0.2, 0.25) is 5.91 Å². The van der Waals surface area contributed by atoms with Crippen LogP contribution >= 0.6 is 15.9 Å². The third-order valence-electron chi connectivity index (χ3n) is 4.93. The highest BCUT2D eigenvalue weighted by Gasteiger charge is 2.34. The van der Waals surface area contributed by atoms with Gasteiger partial charge in [0, 0.05) is 29.3 Å². The van der Waals surface area contributed by atoms with Crippen molar-refractivity contribution in [3.8, 4) is 22.7 Å². The molecule has 1 aromatic carbocycles. The minimum atomic E-state index is -5.00. The van der Waals surface area contributed by atoms with Crippen molar-refractivity contribution >= 4 is 27.7 Å². The normalized spacial score (nSPS) is 14.5. The Morgan fingerprint density at radius 3 is 2.50 bits per heavy atom. The van der Waals surface area contributed by atoms with Crippen LogP contribution in [0.4, 0.5) is 26.3 Å². The van der Waals surface area contributed by atoms with Crippen molar-refractivity contribution in [1.29, 1.82) is 0 Å². The molecule has 3 aromatic rings. The molecule has 1 aliphatic rings. The fourth-order valence-corrected chi connectivity index (χ4v) is 3.94. The third-order valence-corrected chi connectivity index (χ3v) is 5.39. The fourth-order valence-electron chi connectivity index (χ4n) is 3.47. The van der Waals surface area contributed by atoms with Gasteiger partial charge in [-0.3, -0.25) is 14.6 Å². The van der Waals surface area contributed by atoms with Crippen LogP contribution in [-0.4, -0.2) is 57.5 Å². The maximum atomic E-state index is 13.3. The van der Waals surface area contributed by atoms with Crippen LogP contribution in [0, 0.1) is 0 Å². The number of amides is 2. The summed E-state index contributed by atoms with van der Waals surface area (Å²) in [5, 5.41) is 6.69. The lowest BCUT2D eigenvalue weighted by Gasteiger charge is -2.25. The number of hydrogen-bond acceptors (Lipinski definition) is 5. The number of nitrogens with zero attached hydrogens (tertiary/aromatic N) is 4. The van der Waals surface area contributed by atoms with E-state index < -0.39 is 35.8 Å². The van der Waals surface area contributed by atoms with Crippen molar-refractivity contribution in [2.75, 3.05) is 19.6 Å². The van der Waals surface area contributed by atoms with Gasteiger partial charge in [-0.05, 0) is 36.4 Å². The zero-order chi connectivity index (χ0) is 26.3. The number of rotatable bonds is 4. The molecule has 0 radical (unpaired) electrons. The Labute approximate surface area is 207 Å². The molecule has 0 aliphatic carbocycles. The summed E-state index contributed by atoms with van der Waals surface area (Å²) in [7, 11) is 0. The molecular formula is C21H14BrF6N5O3. The number of alkyl halides is 6. The summed E-state index contributed by atoms with van der Waals surface area (Å²) in [6.45, 7) is 0.108. The van der Waals surface area contributed by atoms with Crippen LogP contribution in [0.2, 0.25) is 0 Å². The number of pyridine rings is 1. The molecule has 1 aliphatic heterocycles. The second-order valence-corrected chi connectivity index (χ2v) is 8.44. The first-order valence-corrected chi connectivity index (χ1v) is 10.9. The average molecular weight is 578 g/mol. The van der Waals surface area contributed by atoms with Crippen molar-refractivity contribution in [3.05, 3.63) is 58.5 Å². The maximum absolute atomic E-state index is 13.3. The lowest BCUT2D eigenvalue weighted by molar-refractivity contribution is -0.274. The standard InChI is InChI=1S/C21H14BrF6N5O3/c22-12-5-11(6-14(7-12)36-21(26,27)28)16-9-15(19(35)32-4-3-30-18(34)10-32)31-33(16)13-1-2-29-17(8-13)20(23,24)25/h1-2,5-9H,3-4,10H2,(H,30,34). The van der Waals surface area contributed by atoms with E-state index in [1.807, 2.05) is 0 Å². The van der Waals surface area contributed by atoms with Crippen molar-refractivity contribution in [3.63, 3.8) is 0 Å². The summed E-state index contributed by atoms with van der Waals surface area (Å²) in [5.74, 6) is -1.69. The molecule has 0 atom stereocenters. The molecule has 1 saturated heterocycles. The van der Waals surface area contributed by atoms with E-state index in [4.69, 9.17) is 0 Å². The maximum Gasteiger partial charge on any atom is 0.573 e. The highest BCUT2D eigenvalue weighted by Crippen LogP contribution is 2.34. The summed E-state index contributed by atoms with van der Waals surface area (Å²) in [4.78, 5) is 29.2. The van der Waals surface area contributed by atoms with Gasteiger partial charge in [-0.25, -0.2) is 4.68 Å². The summed E-state index contributed by atoms with van der Waals surface area (Å²) in [6.07, 6.45) is -8.90. The van der Waals surface area contributed by atoms with E-state index in [1.54, 1.807) is 0 Å². The number of piperazine rings is 1. The number of nitrogens with one attached hydrogen (secondary N) is 1. The largest absolute Gasteiger partial charge is 0.573 e. The number of ether oxygens (including phenoxy) is 1. The first kappa shape index (κ1) is 25.5. The molecule has 0 bridgehead atoms. The van der Waals surface area contributed by atoms with Gasteiger partial charge in [-0.1, -0.05) is 15.9 Å². The van der Waals surface area contributed by atoms with Crippen molar-refractivity contribution < 1.29 is 40.7 Å². The summed E-state index contributed by atoms with van der Waals surface area (Å²) >= 11 is 3.09. The van der Waals surface area contributed by atoms with E-state index in [0.717, 1.165) is 23.0 Å². The minimum Gasteiger partial charge on any atom is -0.406 e. The quantitative estimate of drug-likeness (QED) is 0.470. The Balaban J connectivity index is 1.85. The minimum absolute atomic E-state index is 0.00698. The Hall–Kier alpha value is -3.62. The highest BCUT2D eigenvalue weighted by molar-refractivity contribution is 9.10. The summed E-state index contributed by atoms with van der Waals surface area (Å²) < 4.78 is 83.3. The SMILES string of the molecule is O=C1CN(C(=O)c2cc(-c3cc(Br)cc(OC(F)(F)F)c3)n(-c3ccnc(C(F)(F)F)c3)n2)CCN1. The molecule has 1 fully saturated rings. The smallest absolute Gasteiger partial charge is 0.406 e. The van der Waals surface area contributed by atoms with Gasteiger partial charge >= 0.3 is 12.5 Å². The molecular weight excluding hydrogens is 564 g/mol. The van der Waals surface area contributed by atoms with Gasteiger partial charge in [0.15, 0.2) is 5.69 Å². The Bertz CT molecular complexity index is 1320. The molecule has 1 N–H and O–H groups in total. The van der Waals surface area contributed by atoms with E-state index >= 15 is 0 Å². The molecule has 15 heteroatoms. The molecule has 2 aromatic heterocycles. The van der Waals surface area contributed by atoms with Gasteiger partial charge in [-0.15, -0.1) is 13.2 Å². The van der Waals surface area contributed by atoms with Crippen LogP contribution in [0.5, 0.6) is 5.75 Å². The second-order valence-electron chi connectivity index (χ2n) is 7.52. The number of carbonyl (C=O) groups excluding carboxylic acids is 2. The van der Waals surface area contributed by atoms with E-state index in [2.05, 4.69) is 36.1 Å². The van der Waals surface area contributed by atoms with Crippen LogP contribution in [0.25, 0.3) is 16.9 Å². The van der Waals surface area contributed by atoms with Gasteiger partial charge in [0.05, 0.1) is 17.9 Å². The Kier molecular flexibility index (Phi) is 6.68. The fraction of sp³-hybridized carbons (Fsp3) is 0.238. The second kappa shape index (κ2) is 9.44. The van der Waals surface area contributed by atoms with Crippen LogP contribution < -0.4 is 10.1 Å². The molecule has 3 heterocycles. The van der Waals surface area contributed by atoms with Crippen molar-refractivity contribution in [2.45, 2.75) is 12.5 Å². The van der Waals surface area contributed by atoms with E-state index in [0.29, 0.717) is 6.07 Å². The van der Waals surface area contributed by atoms with Crippen LogP contribution in [0.15, 0.2) is 47.1 Å². The summed E-state index contributed by atoms with van der Waals surface area (Å²) in [5.41, 5.74) is -1.58. The highest BCUT2D eigenvalue weighted by atomic mass is 79.9. The van der Waals surface area contributed by atoms with Crippen LogP contribution in [0.1, 0.15) is 16.2 Å². The van der Waals surface area contributed by atoms with Gasteiger partial charge < -0.3 is 15.0 Å². The number of hydrogen-bond donors (Lipinski definition) is 1. The topological polar surface area (TPSA) is 89.4 Å². The first-order chi connectivity index (χ1) is 16.8. The molecule has 4 rings (SSSR count). The van der Waals surface area contributed by atoms with Crippen LogP contribution in [-0.2, 0) is 11.0 Å². The van der Waals surface area contributed by atoms with Gasteiger partial charge in [-0.2, -0.15) is 18.3 Å². The van der Waals surface area contributed by atoms with E-state index in [-0.39, 0.29) is 46.7 Å². The van der Waals surface area contributed by atoms with E-state index in [1.165, 1.54) is 23.1 Å². The third kappa shape index (κ3) is 5.78. The van der Waals surface area contributed by atoms with Gasteiger partial charge in [0.1, 0.15) is 11.4 Å². The number of benzene rings is 1. The van der Waals surface area contributed by atoms with Crippen molar-refractivity contribution in [1.82, 2.24) is 25.0 Å². The van der Waals surface area contributed by atoms with Crippen LogP contribution in [0.3, 0.4) is 0 Å². The lowest BCUT2D eigenvalue weighted by Crippen LogP contribution is -2.50. The number of aromatic nitrogens is 3. The zero-order valence-corrected chi connectivity index (χ0v) is 19.4. The molecule has 8 nitrogen and oxygen atoms in total. The predicted octanol–water partition coefficient (Wildman–Crippen LogP) is 4.19. The Morgan fingerprint density at radius 2 is 1.83 bits per heavy atom. The molecule has 0 saturated carbocycles. The molecule has 190 valence electrons. The van der Waals surface area contributed by atoms with Gasteiger partial charge in [0.25, 0.3) is 5.91 Å². The first-order valence-electron chi connectivity index (χ1n) is 10.1. The average Bonchev–Trinajstić information content (AvgIpc) is 3.22. The molecule has 36 heavy (non-hydrogen) atoms. The summed E-state index contributed by atoms with van der Waals surface area (Å²) in [6, 6.07) is 6.51. The molecule has 0 unspecified atom stereocenters. The monoisotopic (exact) mass is 577 g/mol. The molecule has 0 spiro atoms. The van der Waals surface area contributed by atoms with E-state index in [9.17, 15) is 35.9 Å². The number of carbonyl (C=O) groups is 2. The lowest BCUT2D eigenvalue weighted by atomic mass is 10.1. The predicted molar refractivity (Wildman–Crippen MR) is 115 cm³/mol. The Morgan fingerprint density at radius 1 is 1.08 bits per heavy atom. The number of halogens is 7. The zero-order valence-electron chi connectivity index (χ0n) is 17.8. The van der Waals surface area contributed by atoms with Crippen molar-refractivity contribution in [2.24, 2.45) is 0 Å². The molecule has 2 amide bonds.